The predicted molar refractivity (Wildman–Crippen MR) is 494 cm³/mol. The minimum absolute atomic E-state index is 0.0340. The lowest BCUT2D eigenvalue weighted by Crippen LogP contribution is -2.34. The van der Waals surface area contributed by atoms with Gasteiger partial charge in [-0.05, 0) is 188 Å². The van der Waals surface area contributed by atoms with Gasteiger partial charge in [-0.15, -0.1) is 0 Å². The molecule has 0 aromatic heterocycles. The molecular formula is C102H202N4O8. The predicted octanol–water partition coefficient (Wildman–Crippen LogP) is 29.7. The molecule has 12 heteroatoms. The molecule has 678 valence electrons. The molecule has 0 radical (unpaired) electrons. The van der Waals surface area contributed by atoms with E-state index in [1.54, 1.807) is 0 Å². The first kappa shape index (κ1) is 112. The van der Waals surface area contributed by atoms with E-state index in [0.29, 0.717) is 50.7 Å². The minimum atomic E-state index is -0.0493. The number of likely N-dealkylation sites (N-methyl/N-ethyl adjacent to an activating group) is 2. The van der Waals surface area contributed by atoms with E-state index in [9.17, 15) is 19.2 Å². The van der Waals surface area contributed by atoms with Crippen molar-refractivity contribution in [2.75, 3.05) is 93.8 Å². The lowest BCUT2D eigenvalue weighted by Gasteiger charge is -2.24. The fourth-order valence-corrected chi connectivity index (χ4v) is 16.9. The molecule has 114 heavy (non-hydrogen) atoms. The molecule has 0 aromatic carbocycles. The molecule has 0 aromatic rings. The number of unbranched alkanes of at least 4 members (excludes halogenated alkanes) is 45. The Morgan fingerprint density at radius 2 is 0.430 bits per heavy atom. The molecule has 4 unspecified atom stereocenters. The SMILES string of the molecule is CCCCCCCCCCC(CCCCCCCC)COC(=O)CCCN(CCCC(=O)OCC(CCCCCCCCCC)CCCCCCCCC(CC)CCCC(CCCCCC)OC(=O)CCCCCCCCCN(CCCCCCCCCC(=O)OC(CCCCCC)CCCCCC)CCN(C)C)CCN(C)C. The zero-order valence-electron chi connectivity index (χ0n) is 78.9. The van der Waals surface area contributed by atoms with Crippen LogP contribution in [0.25, 0.3) is 0 Å². The van der Waals surface area contributed by atoms with Crippen LogP contribution in [-0.4, -0.2) is 149 Å². The van der Waals surface area contributed by atoms with Gasteiger partial charge in [-0.3, -0.25) is 19.2 Å². The highest BCUT2D eigenvalue weighted by Crippen LogP contribution is 2.27. The molecule has 4 atom stereocenters. The van der Waals surface area contributed by atoms with Crippen molar-refractivity contribution in [2.24, 2.45) is 17.8 Å². The molecule has 0 aliphatic heterocycles. The Kier molecular flexibility index (Phi) is 86.7. The zero-order valence-corrected chi connectivity index (χ0v) is 78.9. The van der Waals surface area contributed by atoms with Crippen LogP contribution in [-0.2, 0) is 38.1 Å². The van der Waals surface area contributed by atoms with Gasteiger partial charge in [0.1, 0.15) is 12.2 Å². The fourth-order valence-electron chi connectivity index (χ4n) is 16.9. The van der Waals surface area contributed by atoms with E-state index in [4.69, 9.17) is 18.9 Å². The molecule has 0 aliphatic carbocycles. The van der Waals surface area contributed by atoms with E-state index in [-0.39, 0.29) is 36.1 Å². The molecule has 0 spiro atoms. The van der Waals surface area contributed by atoms with Crippen LogP contribution in [0.5, 0.6) is 0 Å². The van der Waals surface area contributed by atoms with Crippen molar-refractivity contribution in [1.82, 2.24) is 19.6 Å². The van der Waals surface area contributed by atoms with Crippen molar-refractivity contribution in [3.63, 3.8) is 0 Å². The van der Waals surface area contributed by atoms with Crippen LogP contribution >= 0.6 is 0 Å². The number of hydrogen-bond donors (Lipinski definition) is 0. The Labute approximate surface area is 712 Å². The summed E-state index contributed by atoms with van der Waals surface area (Å²) in [5.74, 6) is 1.66. The smallest absolute Gasteiger partial charge is 0.306 e. The van der Waals surface area contributed by atoms with Crippen LogP contribution in [0.4, 0.5) is 0 Å². The zero-order chi connectivity index (χ0) is 83.3. The number of esters is 4. The third kappa shape index (κ3) is 80.8. The average Bonchev–Trinajstić information content (AvgIpc) is 0.980. The fraction of sp³-hybridized carbons (Fsp3) is 0.961. The van der Waals surface area contributed by atoms with Crippen LogP contribution in [0.15, 0.2) is 0 Å². The van der Waals surface area contributed by atoms with Gasteiger partial charge in [0, 0.05) is 51.9 Å². The highest BCUT2D eigenvalue weighted by atomic mass is 16.6. The van der Waals surface area contributed by atoms with Crippen molar-refractivity contribution in [3.8, 4) is 0 Å². The minimum Gasteiger partial charge on any atom is -0.465 e. The quantitative estimate of drug-likeness (QED) is 0.0328. The lowest BCUT2D eigenvalue weighted by atomic mass is 9.91. The summed E-state index contributed by atoms with van der Waals surface area (Å²) in [5.41, 5.74) is 0. The van der Waals surface area contributed by atoms with E-state index in [1.165, 1.54) is 360 Å². The van der Waals surface area contributed by atoms with Gasteiger partial charge in [0.15, 0.2) is 0 Å². The first-order chi connectivity index (χ1) is 55.7. The number of nitrogens with zero attached hydrogens (tertiary/aromatic N) is 4. The normalized spacial score (nSPS) is 13.0. The maximum atomic E-state index is 13.4. The van der Waals surface area contributed by atoms with Crippen molar-refractivity contribution in [1.29, 1.82) is 0 Å². The Hall–Kier alpha value is -2.28. The standard InChI is InChI=1S/C102H202N4O8/c1-12-19-25-31-34-38-48-57-72-95(71-56-46-33-27-21-14-3)92-111-99(107)82-68-86-106(91-89-104(10)11)87-69-83-100(108)112-93-96(73-58-49-39-35-32-26-20-13-2)74-59-50-43-42-47-55-70-94(18-7)75-67-79-98(78-62-30-24-17-6)114-102(110)81-64-52-41-37-45-54-66-85-105(90-88-103(8)9)84-65-53-44-36-40-51-63-80-101(109)113-97(76-60-28-22-15-4)77-61-29-23-16-5/h94-98H,12-93H2,1-11H3. The third-order valence-electron chi connectivity index (χ3n) is 24.9. The molecule has 0 rings (SSSR count). The molecule has 0 N–H and O–H groups in total. The highest BCUT2D eigenvalue weighted by Gasteiger charge is 2.20. The van der Waals surface area contributed by atoms with E-state index < -0.39 is 0 Å². The van der Waals surface area contributed by atoms with Crippen LogP contribution in [0.2, 0.25) is 0 Å². The lowest BCUT2D eigenvalue weighted by molar-refractivity contribution is -0.151. The van der Waals surface area contributed by atoms with Crippen molar-refractivity contribution in [2.45, 2.75) is 523 Å². The van der Waals surface area contributed by atoms with E-state index in [2.05, 4.69) is 96.3 Å². The molecule has 0 amide bonds. The van der Waals surface area contributed by atoms with Gasteiger partial charge in [-0.1, -0.05) is 370 Å². The summed E-state index contributed by atoms with van der Waals surface area (Å²) < 4.78 is 24.4. The second-order valence-corrected chi connectivity index (χ2v) is 36.8. The summed E-state index contributed by atoms with van der Waals surface area (Å²) >= 11 is 0. The maximum Gasteiger partial charge on any atom is 0.306 e. The average molecular weight is 1610 g/mol. The number of rotatable bonds is 94. The maximum absolute atomic E-state index is 13.4. The van der Waals surface area contributed by atoms with Crippen molar-refractivity contribution >= 4 is 23.9 Å². The van der Waals surface area contributed by atoms with E-state index >= 15 is 0 Å². The Morgan fingerprint density at radius 1 is 0.211 bits per heavy atom. The Bertz CT molecular complexity index is 1980. The molecule has 0 saturated carbocycles. The summed E-state index contributed by atoms with van der Waals surface area (Å²) in [6, 6.07) is 0. The highest BCUT2D eigenvalue weighted by molar-refractivity contribution is 5.70. The van der Waals surface area contributed by atoms with Gasteiger partial charge in [0.2, 0.25) is 0 Å². The number of hydrogen-bond acceptors (Lipinski definition) is 12. The molecule has 0 fully saturated rings. The molecular weight excluding hydrogens is 1410 g/mol. The summed E-state index contributed by atoms with van der Waals surface area (Å²) in [4.78, 5) is 62.3. The number of carbonyl (C=O) groups is 4. The van der Waals surface area contributed by atoms with E-state index in [1.807, 2.05) is 0 Å². The largest absolute Gasteiger partial charge is 0.465 e. The van der Waals surface area contributed by atoms with Gasteiger partial charge in [0.05, 0.1) is 13.2 Å². The molecule has 0 bridgehead atoms. The topological polar surface area (TPSA) is 118 Å². The van der Waals surface area contributed by atoms with Gasteiger partial charge in [0.25, 0.3) is 0 Å². The Morgan fingerprint density at radius 3 is 0.719 bits per heavy atom. The van der Waals surface area contributed by atoms with Gasteiger partial charge >= 0.3 is 23.9 Å². The van der Waals surface area contributed by atoms with Crippen LogP contribution < -0.4 is 0 Å². The number of carbonyl (C=O) groups excluding carboxylic acids is 4. The Balaban J connectivity index is 4.87. The van der Waals surface area contributed by atoms with E-state index in [0.717, 1.165) is 135 Å². The molecule has 0 aliphatic rings. The van der Waals surface area contributed by atoms with Crippen molar-refractivity contribution < 1.29 is 38.1 Å². The van der Waals surface area contributed by atoms with Crippen LogP contribution in [0, 0.1) is 17.8 Å². The second-order valence-electron chi connectivity index (χ2n) is 36.8. The van der Waals surface area contributed by atoms with Crippen LogP contribution in [0.3, 0.4) is 0 Å². The monoisotopic (exact) mass is 1610 g/mol. The van der Waals surface area contributed by atoms with Gasteiger partial charge in [-0.2, -0.15) is 0 Å². The first-order valence-corrected chi connectivity index (χ1v) is 51.2. The first-order valence-electron chi connectivity index (χ1n) is 51.2. The summed E-state index contributed by atoms with van der Waals surface area (Å²) in [6.07, 6.45) is 85.9. The van der Waals surface area contributed by atoms with Gasteiger partial charge < -0.3 is 38.5 Å². The molecule has 0 heterocycles. The van der Waals surface area contributed by atoms with Crippen molar-refractivity contribution in [3.05, 3.63) is 0 Å². The molecule has 0 saturated heterocycles. The summed E-state index contributed by atoms with van der Waals surface area (Å²) in [6.45, 7) is 25.4. The second kappa shape index (κ2) is 88.5. The van der Waals surface area contributed by atoms with Gasteiger partial charge in [-0.25, -0.2) is 0 Å². The van der Waals surface area contributed by atoms with Crippen LogP contribution in [0.1, 0.15) is 511 Å². The molecule has 12 nitrogen and oxygen atoms in total. The third-order valence-corrected chi connectivity index (χ3v) is 24.9. The number of ether oxygens (including phenoxy) is 4. The summed E-state index contributed by atoms with van der Waals surface area (Å²) in [7, 11) is 8.62. The summed E-state index contributed by atoms with van der Waals surface area (Å²) in [5, 5.41) is 0.